The van der Waals surface area contributed by atoms with Crippen LogP contribution >= 0.6 is 39.0 Å². The molecule has 176 valence electrons. The van der Waals surface area contributed by atoms with E-state index < -0.39 is 22.5 Å². The maximum absolute atomic E-state index is 13.4. The number of rotatable bonds is 10. The lowest BCUT2D eigenvalue weighted by atomic mass is 10.3. The first-order valence-electron chi connectivity index (χ1n) is 10.00. The van der Waals surface area contributed by atoms with Crippen LogP contribution in [0.3, 0.4) is 0 Å². The second-order valence-corrected chi connectivity index (χ2v) is 12.6. The van der Waals surface area contributed by atoms with Gasteiger partial charge in [0, 0.05) is 9.72 Å². The fourth-order valence-corrected chi connectivity index (χ4v) is 6.40. The molecular weight excluding hydrogens is 548 g/mol. The van der Waals surface area contributed by atoms with Gasteiger partial charge >= 0.3 is 0 Å². The van der Waals surface area contributed by atoms with Crippen LogP contribution in [0.4, 0.5) is 10.8 Å². The van der Waals surface area contributed by atoms with Crippen LogP contribution in [0.25, 0.3) is 0 Å². The molecule has 0 atom stereocenters. The van der Waals surface area contributed by atoms with Gasteiger partial charge in [0.2, 0.25) is 11.0 Å². The van der Waals surface area contributed by atoms with Gasteiger partial charge in [0.25, 0.3) is 10.0 Å². The Kier molecular flexibility index (Phi) is 8.74. The molecule has 0 aliphatic rings. The summed E-state index contributed by atoms with van der Waals surface area (Å²) >= 11 is 6.09. The summed E-state index contributed by atoms with van der Waals surface area (Å²) in [5.41, 5.74) is 0.338. The molecule has 0 saturated carbocycles. The average molecular weight is 572 g/mol. The maximum atomic E-state index is 13.4. The summed E-state index contributed by atoms with van der Waals surface area (Å²) in [4.78, 5) is 12.9. The van der Waals surface area contributed by atoms with Gasteiger partial charge in [-0.2, -0.15) is 0 Å². The third kappa shape index (κ3) is 6.92. The lowest BCUT2D eigenvalue weighted by Gasteiger charge is -2.24. The Morgan fingerprint density at radius 2 is 1.82 bits per heavy atom. The number of amides is 1. The maximum Gasteiger partial charge on any atom is 0.264 e. The summed E-state index contributed by atoms with van der Waals surface area (Å²) in [5, 5.41) is 11.3. The van der Waals surface area contributed by atoms with Crippen LogP contribution in [0.5, 0.6) is 5.75 Å². The fraction of sp³-hybridized carbons (Fsp3) is 0.286. The lowest BCUT2D eigenvalue weighted by molar-refractivity contribution is -0.114. The van der Waals surface area contributed by atoms with E-state index in [0.717, 1.165) is 13.1 Å². The molecule has 1 N–H and O–H groups in total. The molecule has 33 heavy (non-hydrogen) atoms. The Morgan fingerprint density at radius 1 is 1.15 bits per heavy atom. The minimum Gasteiger partial charge on any atom is -0.494 e. The van der Waals surface area contributed by atoms with Gasteiger partial charge in [-0.1, -0.05) is 52.9 Å². The van der Waals surface area contributed by atoms with Gasteiger partial charge in [-0.15, -0.1) is 10.2 Å². The number of hydrogen-bond donors (Lipinski definition) is 1. The van der Waals surface area contributed by atoms with Crippen molar-refractivity contribution in [2.45, 2.75) is 35.3 Å². The molecule has 1 aromatic heterocycles. The van der Waals surface area contributed by atoms with Crippen LogP contribution in [0.1, 0.15) is 20.8 Å². The molecule has 0 radical (unpaired) electrons. The fourth-order valence-electron chi connectivity index (χ4n) is 2.72. The normalized spacial score (nSPS) is 11.4. The second-order valence-electron chi connectivity index (χ2n) is 6.98. The Morgan fingerprint density at radius 3 is 2.42 bits per heavy atom. The van der Waals surface area contributed by atoms with Crippen molar-refractivity contribution in [2.24, 2.45) is 0 Å². The highest BCUT2D eigenvalue weighted by atomic mass is 79.9. The quantitative estimate of drug-likeness (QED) is 0.269. The third-order valence-electron chi connectivity index (χ3n) is 4.11. The lowest BCUT2D eigenvalue weighted by Crippen LogP contribution is -2.38. The summed E-state index contributed by atoms with van der Waals surface area (Å²) in [6.07, 6.45) is 0. The zero-order valence-corrected chi connectivity index (χ0v) is 22.2. The number of aromatic nitrogens is 2. The van der Waals surface area contributed by atoms with Crippen LogP contribution in [0.2, 0.25) is 0 Å². The van der Waals surface area contributed by atoms with Crippen LogP contribution in [0.15, 0.2) is 62.2 Å². The predicted octanol–water partition coefficient (Wildman–Crippen LogP) is 5.03. The summed E-state index contributed by atoms with van der Waals surface area (Å²) in [7, 11) is -4.02. The Bertz CT molecular complexity index is 1180. The molecule has 0 aliphatic heterocycles. The van der Waals surface area contributed by atoms with Crippen molar-refractivity contribution in [3.63, 3.8) is 0 Å². The number of nitrogens with one attached hydrogen (secondary N) is 1. The molecule has 3 aromatic rings. The van der Waals surface area contributed by atoms with Crippen molar-refractivity contribution in [1.82, 2.24) is 10.2 Å². The van der Waals surface area contributed by atoms with E-state index in [1.165, 1.54) is 35.2 Å². The van der Waals surface area contributed by atoms with Crippen LogP contribution in [-0.2, 0) is 14.8 Å². The van der Waals surface area contributed by atoms with Crippen molar-refractivity contribution in [2.75, 3.05) is 22.8 Å². The van der Waals surface area contributed by atoms with Crippen molar-refractivity contribution >= 4 is 65.8 Å². The minimum absolute atomic E-state index is 0.0684. The number of sulfonamides is 1. The highest BCUT2D eigenvalue weighted by Crippen LogP contribution is 2.29. The molecule has 3 rings (SSSR count). The molecule has 1 amide bonds. The molecule has 0 unspecified atom stereocenters. The smallest absolute Gasteiger partial charge is 0.264 e. The molecule has 1 heterocycles. The van der Waals surface area contributed by atoms with E-state index in [1.54, 1.807) is 36.4 Å². The highest BCUT2D eigenvalue weighted by Gasteiger charge is 2.27. The largest absolute Gasteiger partial charge is 0.494 e. The number of ether oxygens (including phenoxy) is 1. The van der Waals surface area contributed by atoms with Gasteiger partial charge in [-0.3, -0.25) is 14.4 Å². The van der Waals surface area contributed by atoms with E-state index in [4.69, 9.17) is 4.74 Å². The van der Waals surface area contributed by atoms with E-state index in [2.05, 4.69) is 31.4 Å². The molecule has 0 fully saturated rings. The van der Waals surface area contributed by atoms with E-state index in [1.807, 2.05) is 20.8 Å². The standard InChI is InChI=1S/C21H23BrN4O4S3/c1-4-30-17-9-7-16(8-10-17)26(33(28,29)18-11-5-15(22)6-12-18)13-19(27)23-20-24-25-21(32-20)31-14(2)3/h5-12,14H,4,13H2,1-3H3,(H,23,24,27). The van der Waals surface area contributed by atoms with Crippen LogP contribution in [-0.4, -0.2) is 42.9 Å². The highest BCUT2D eigenvalue weighted by molar-refractivity contribution is 9.10. The minimum atomic E-state index is -4.02. The van der Waals surface area contributed by atoms with Gasteiger partial charge in [-0.05, 0) is 55.5 Å². The molecule has 0 aliphatic carbocycles. The summed E-state index contributed by atoms with van der Waals surface area (Å²) in [6.45, 7) is 5.99. The van der Waals surface area contributed by atoms with Crippen LogP contribution < -0.4 is 14.4 Å². The molecule has 12 heteroatoms. The van der Waals surface area contributed by atoms with Crippen molar-refractivity contribution in [3.05, 3.63) is 53.0 Å². The monoisotopic (exact) mass is 570 g/mol. The van der Waals surface area contributed by atoms with E-state index in [-0.39, 0.29) is 4.90 Å². The molecule has 0 bridgehead atoms. The predicted molar refractivity (Wildman–Crippen MR) is 136 cm³/mol. The summed E-state index contributed by atoms with van der Waals surface area (Å²) in [6, 6.07) is 12.8. The first kappa shape index (κ1) is 25.5. The van der Waals surface area contributed by atoms with Crippen molar-refractivity contribution < 1.29 is 17.9 Å². The first-order valence-corrected chi connectivity index (χ1v) is 13.9. The molecule has 2 aromatic carbocycles. The van der Waals surface area contributed by atoms with Gasteiger partial charge in [0.15, 0.2) is 4.34 Å². The topological polar surface area (TPSA) is 101 Å². The van der Waals surface area contributed by atoms with Gasteiger partial charge in [0.1, 0.15) is 12.3 Å². The zero-order chi connectivity index (χ0) is 24.0. The Balaban J connectivity index is 1.87. The Labute approximate surface area is 209 Å². The SMILES string of the molecule is CCOc1ccc(N(CC(=O)Nc2nnc(SC(C)C)s2)S(=O)(=O)c2ccc(Br)cc2)cc1. The number of halogens is 1. The number of carbonyl (C=O) groups excluding carboxylic acids is 1. The van der Waals surface area contributed by atoms with E-state index >= 15 is 0 Å². The summed E-state index contributed by atoms with van der Waals surface area (Å²) in [5.74, 6) is 0.0811. The number of anilines is 2. The van der Waals surface area contributed by atoms with E-state index in [0.29, 0.717) is 28.4 Å². The average Bonchev–Trinajstić information content (AvgIpc) is 3.19. The summed E-state index contributed by atoms with van der Waals surface area (Å²) < 4.78 is 34.9. The molecule has 0 saturated heterocycles. The zero-order valence-electron chi connectivity index (χ0n) is 18.2. The van der Waals surface area contributed by atoms with E-state index in [9.17, 15) is 13.2 Å². The van der Waals surface area contributed by atoms with Gasteiger partial charge < -0.3 is 4.74 Å². The third-order valence-corrected chi connectivity index (χ3v) is 8.36. The number of carbonyl (C=O) groups is 1. The van der Waals surface area contributed by atoms with Gasteiger partial charge in [0.05, 0.1) is 17.2 Å². The number of hydrogen-bond acceptors (Lipinski definition) is 8. The van der Waals surface area contributed by atoms with Crippen LogP contribution in [0, 0.1) is 0 Å². The van der Waals surface area contributed by atoms with Crippen molar-refractivity contribution in [1.29, 1.82) is 0 Å². The molecule has 8 nitrogen and oxygen atoms in total. The Hall–Kier alpha value is -2.15. The molecule has 0 spiro atoms. The number of thioether (sulfide) groups is 1. The number of nitrogens with zero attached hydrogens (tertiary/aromatic N) is 3. The molecular formula is C21H23BrN4O4S3. The van der Waals surface area contributed by atoms with Gasteiger partial charge in [-0.25, -0.2) is 8.42 Å². The first-order chi connectivity index (χ1) is 15.7. The second kappa shape index (κ2) is 11.3. The number of benzene rings is 2. The van der Waals surface area contributed by atoms with Crippen molar-refractivity contribution in [3.8, 4) is 5.75 Å².